The highest BCUT2D eigenvalue weighted by molar-refractivity contribution is 6.30. The Bertz CT molecular complexity index is 952. The Kier molecular flexibility index (Phi) is 6.72. The molecule has 8 heteroatoms. The lowest BCUT2D eigenvalue weighted by Gasteiger charge is -2.11. The molecule has 1 aliphatic rings. The Morgan fingerprint density at radius 1 is 1.17 bits per heavy atom. The highest BCUT2D eigenvalue weighted by Crippen LogP contribution is 2.27. The van der Waals surface area contributed by atoms with Gasteiger partial charge in [-0.05, 0) is 54.0 Å². The first-order valence-corrected chi connectivity index (χ1v) is 9.55. The molecule has 2 aromatic carbocycles. The Morgan fingerprint density at radius 2 is 1.86 bits per heavy atom. The molecule has 1 amide bonds. The fourth-order valence-corrected chi connectivity index (χ4v) is 2.64. The summed E-state index contributed by atoms with van der Waals surface area (Å²) in [5, 5.41) is 14.7. The normalized spacial score (nSPS) is 16.1. The van der Waals surface area contributed by atoms with E-state index in [9.17, 15) is 9.18 Å². The van der Waals surface area contributed by atoms with Crippen molar-refractivity contribution in [1.29, 1.82) is 0 Å². The van der Waals surface area contributed by atoms with Gasteiger partial charge < -0.3 is 5.32 Å². The largest absolute Gasteiger partial charge is 0.309 e. The lowest BCUT2D eigenvalue weighted by atomic mass is 10.1. The van der Waals surface area contributed by atoms with Crippen molar-refractivity contribution in [2.75, 3.05) is 6.54 Å². The lowest BCUT2D eigenvalue weighted by Crippen LogP contribution is -2.40. The summed E-state index contributed by atoms with van der Waals surface area (Å²) in [5.41, 5.74) is 1.28. The van der Waals surface area contributed by atoms with Crippen LogP contribution >= 0.6 is 11.6 Å². The molecule has 6 nitrogen and oxygen atoms in total. The van der Waals surface area contributed by atoms with Crippen LogP contribution in [0.15, 0.2) is 75.6 Å². The van der Waals surface area contributed by atoms with Gasteiger partial charge in [-0.15, -0.1) is 5.11 Å². The van der Waals surface area contributed by atoms with Gasteiger partial charge in [-0.25, -0.2) is 4.39 Å². The van der Waals surface area contributed by atoms with Crippen LogP contribution in [0.4, 0.5) is 4.39 Å². The molecule has 0 spiro atoms. The molecule has 29 heavy (non-hydrogen) atoms. The summed E-state index contributed by atoms with van der Waals surface area (Å²) in [7, 11) is 0. The first-order chi connectivity index (χ1) is 13.9. The van der Waals surface area contributed by atoms with Crippen molar-refractivity contribution in [1.82, 2.24) is 10.6 Å². The predicted molar refractivity (Wildman–Crippen MR) is 111 cm³/mol. The molecule has 1 unspecified atom stereocenters. The molecule has 0 saturated heterocycles. The molecule has 1 aliphatic heterocycles. The topological polar surface area (TPSA) is 78.2 Å². The average Bonchev–Trinajstić information content (AvgIpc) is 3.15. The van der Waals surface area contributed by atoms with Gasteiger partial charge in [0.1, 0.15) is 11.9 Å². The van der Waals surface area contributed by atoms with Gasteiger partial charge in [0.05, 0.1) is 0 Å². The van der Waals surface area contributed by atoms with Crippen LogP contribution in [0.1, 0.15) is 35.8 Å². The van der Waals surface area contributed by atoms with Gasteiger partial charge in [0.15, 0.2) is 5.82 Å². The van der Waals surface area contributed by atoms with Crippen LogP contribution < -0.4 is 10.6 Å². The average molecular weight is 414 g/mol. The van der Waals surface area contributed by atoms with Crippen LogP contribution in [-0.4, -0.2) is 18.4 Å². The second-order valence-electron chi connectivity index (χ2n) is 6.93. The molecular formula is C21H21ClFN5O. The van der Waals surface area contributed by atoms with E-state index in [1.807, 2.05) is 32.1 Å². The molecule has 0 radical (unpaired) electrons. The summed E-state index contributed by atoms with van der Waals surface area (Å²) in [6, 6.07) is 12.4. The van der Waals surface area contributed by atoms with Gasteiger partial charge in [-0.2, -0.15) is 5.11 Å². The van der Waals surface area contributed by atoms with Crippen molar-refractivity contribution in [2.45, 2.75) is 19.9 Å². The van der Waals surface area contributed by atoms with Crippen molar-refractivity contribution >= 4 is 23.5 Å². The summed E-state index contributed by atoms with van der Waals surface area (Å²) in [6.07, 6.45) is 1.83. The second kappa shape index (κ2) is 9.43. The van der Waals surface area contributed by atoms with Crippen LogP contribution in [0.5, 0.6) is 0 Å². The molecule has 150 valence electrons. The van der Waals surface area contributed by atoms with E-state index in [1.54, 1.807) is 12.1 Å². The molecule has 3 rings (SSSR count). The van der Waals surface area contributed by atoms with E-state index < -0.39 is 11.7 Å². The third-order valence-corrected chi connectivity index (χ3v) is 4.27. The minimum atomic E-state index is -0.405. The van der Waals surface area contributed by atoms with Gasteiger partial charge >= 0.3 is 0 Å². The summed E-state index contributed by atoms with van der Waals surface area (Å²) in [5.74, 6) is 0.236. The van der Waals surface area contributed by atoms with Crippen LogP contribution in [0.2, 0.25) is 5.02 Å². The number of hydrogen-bond donors (Lipinski definition) is 2. The molecule has 0 bridgehead atoms. The number of azo groups is 1. The number of rotatable bonds is 5. The summed E-state index contributed by atoms with van der Waals surface area (Å²) >= 11 is 5.93. The van der Waals surface area contributed by atoms with Gasteiger partial charge in [0.25, 0.3) is 5.91 Å². The fraction of sp³-hybridized carbons (Fsp3) is 0.238. The van der Waals surface area contributed by atoms with E-state index in [2.05, 4.69) is 25.9 Å². The van der Waals surface area contributed by atoms with E-state index in [4.69, 9.17) is 11.6 Å². The number of nitrogens with zero attached hydrogens (tertiary/aromatic N) is 3. The smallest absolute Gasteiger partial charge is 0.257 e. The zero-order chi connectivity index (χ0) is 20.8. The van der Waals surface area contributed by atoms with Gasteiger partial charge in [-0.1, -0.05) is 37.6 Å². The Labute approximate surface area is 173 Å². The first-order valence-electron chi connectivity index (χ1n) is 9.17. The van der Waals surface area contributed by atoms with E-state index >= 15 is 0 Å². The molecule has 1 heterocycles. The molecule has 0 saturated carbocycles. The Hall–Kier alpha value is -3.06. The number of halogens is 2. The molecule has 2 aromatic rings. The Morgan fingerprint density at radius 3 is 2.52 bits per heavy atom. The van der Waals surface area contributed by atoms with Crippen molar-refractivity contribution in [3.63, 3.8) is 0 Å². The maximum absolute atomic E-state index is 13.1. The summed E-state index contributed by atoms with van der Waals surface area (Å²) in [4.78, 5) is 16.9. The molecule has 0 aromatic heterocycles. The van der Waals surface area contributed by atoms with E-state index in [-0.39, 0.29) is 12.0 Å². The predicted octanol–water partition coefficient (Wildman–Crippen LogP) is 4.86. The minimum absolute atomic E-state index is 0.242. The Balaban J connectivity index is 1.72. The number of aliphatic imine (C=N–C) groups is 1. The minimum Gasteiger partial charge on any atom is -0.309 e. The number of nitrogens with one attached hydrogen (secondary N) is 2. The third-order valence-electron chi connectivity index (χ3n) is 4.02. The van der Waals surface area contributed by atoms with Crippen LogP contribution in [0.3, 0.4) is 0 Å². The number of carbonyl (C=O) groups excluding carboxylic acids is 1. The van der Waals surface area contributed by atoms with Crippen molar-refractivity contribution in [3.8, 4) is 0 Å². The highest BCUT2D eigenvalue weighted by Gasteiger charge is 2.17. The van der Waals surface area contributed by atoms with Crippen LogP contribution in [0.25, 0.3) is 0 Å². The maximum Gasteiger partial charge on any atom is 0.257 e. The summed E-state index contributed by atoms with van der Waals surface area (Å²) < 4.78 is 13.1. The molecule has 2 N–H and O–H groups in total. The van der Waals surface area contributed by atoms with Gasteiger partial charge in [-0.3, -0.25) is 15.1 Å². The van der Waals surface area contributed by atoms with Gasteiger partial charge in [0.2, 0.25) is 5.96 Å². The first kappa shape index (κ1) is 20.7. The molecule has 1 atom stereocenters. The van der Waals surface area contributed by atoms with E-state index in [0.717, 1.165) is 5.56 Å². The number of benzene rings is 2. The maximum atomic E-state index is 13.1. The quantitative estimate of drug-likeness (QED) is 0.542. The molecular weight excluding hydrogens is 393 g/mol. The fourth-order valence-electron chi connectivity index (χ4n) is 2.52. The van der Waals surface area contributed by atoms with Crippen molar-refractivity contribution in [2.24, 2.45) is 21.1 Å². The zero-order valence-corrected chi connectivity index (χ0v) is 16.8. The number of hydrogen-bond acceptors (Lipinski definition) is 4. The number of amides is 1. The van der Waals surface area contributed by atoms with Crippen molar-refractivity contribution < 1.29 is 9.18 Å². The number of carbonyl (C=O) groups is 1. The highest BCUT2D eigenvalue weighted by atomic mass is 35.5. The van der Waals surface area contributed by atoms with E-state index in [1.165, 1.54) is 24.3 Å². The zero-order valence-electron chi connectivity index (χ0n) is 16.1. The van der Waals surface area contributed by atoms with E-state index in [0.29, 0.717) is 28.9 Å². The monoisotopic (exact) mass is 413 g/mol. The summed E-state index contributed by atoms with van der Waals surface area (Å²) in [6.45, 7) is 4.55. The number of guanidine groups is 1. The standard InChI is InChI=1S/C21H21ClFN5O/c1-13(2)12-24-21(26-20(29)15-5-9-17(23)10-6-15)25-19-11-18(27-28-19)14-3-7-16(22)8-4-14/h3-11,13,18H,12H2,1-2H3,(H2,24,25,26,29). The van der Waals surface area contributed by atoms with Crippen LogP contribution in [-0.2, 0) is 0 Å². The molecule has 0 aliphatic carbocycles. The van der Waals surface area contributed by atoms with Crippen LogP contribution in [0, 0.1) is 11.7 Å². The molecule has 0 fully saturated rings. The third kappa shape index (κ3) is 5.96. The van der Waals surface area contributed by atoms with Gasteiger partial charge in [0, 0.05) is 17.1 Å². The lowest BCUT2D eigenvalue weighted by molar-refractivity contribution is 0.0976. The van der Waals surface area contributed by atoms with Crippen molar-refractivity contribution in [3.05, 3.63) is 82.4 Å². The SMILES string of the molecule is CC(C)CN=C(NC(=O)c1ccc(F)cc1)NC1=CC(c2ccc(Cl)cc2)N=N1. The second-order valence-corrected chi connectivity index (χ2v) is 7.37.